The molecule has 0 saturated heterocycles. The monoisotopic (exact) mass is 347 g/mol. The molecule has 3 aromatic carbocycles. The second kappa shape index (κ2) is 8.83. The lowest BCUT2D eigenvalue weighted by Gasteiger charge is -2.27. The van der Waals surface area contributed by atoms with Crippen LogP contribution in [0, 0.1) is 0 Å². The fourth-order valence-electron chi connectivity index (χ4n) is 3.14. The van der Waals surface area contributed by atoms with Gasteiger partial charge in [-0.15, -0.1) is 0 Å². The molecule has 0 unspecified atom stereocenters. The molecule has 128 valence electrons. The quantitative estimate of drug-likeness (QED) is 0.376. The average molecular weight is 347 g/mol. The lowest BCUT2D eigenvalue weighted by Crippen LogP contribution is -2.18. The molecule has 0 aliphatic heterocycles. The second-order valence-corrected chi connectivity index (χ2v) is 9.47. The van der Waals surface area contributed by atoms with E-state index in [1.165, 1.54) is 22.6 Å². The van der Waals surface area contributed by atoms with E-state index in [4.69, 9.17) is 4.74 Å². The van der Waals surface area contributed by atoms with E-state index in [2.05, 4.69) is 97.9 Å². The second-order valence-electron chi connectivity index (χ2n) is 6.30. The lowest BCUT2D eigenvalue weighted by atomic mass is 10.2. The third kappa shape index (κ3) is 4.30. The van der Waals surface area contributed by atoms with Crippen molar-refractivity contribution >= 4 is 17.7 Å². The summed E-state index contributed by atoms with van der Waals surface area (Å²) in [6.45, 7) is 3.17. The summed E-state index contributed by atoms with van der Waals surface area (Å²) >= 11 is 0. The summed E-state index contributed by atoms with van der Waals surface area (Å²) in [5, 5.41) is 2.75. The predicted octanol–water partition coefficient (Wildman–Crippen LogP) is 5.84. The van der Waals surface area contributed by atoms with Gasteiger partial charge in [0, 0.05) is 19.8 Å². The van der Waals surface area contributed by atoms with Crippen LogP contribution in [0.15, 0.2) is 95.7 Å². The van der Waals surface area contributed by atoms with Crippen molar-refractivity contribution in [3.63, 3.8) is 0 Å². The zero-order valence-corrected chi connectivity index (χ0v) is 15.8. The highest BCUT2D eigenvalue weighted by Crippen LogP contribution is 2.50. The van der Waals surface area contributed by atoms with Crippen LogP contribution < -0.4 is 10.6 Å². The van der Waals surface area contributed by atoms with Crippen LogP contribution in [0.5, 0.6) is 0 Å². The van der Waals surface area contributed by atoms with Crippen molar-refractivity contribution in [2.45, 2.75) is 25.9 Å². The number of hydrogen-bond donors (Lipinski definition) is 0. The molecule has 0 atom stereocenters. The van der Waals surface area contributed by atoms with Crippen molar-refractivity contribution in [3.05, 3.63) is 96.6 Å². The molecule has 25 heavy (non-hydrogen) atoms. The molecule has 1 nitrogen and oxygen atoms in total. The highest BCUT2D eigenvalue weighted by molar-refractivity contribution is 7.80. The molecular weight excluding hydrogens is 321 g/mol. The molecule has 0 aromatic heterocycles. The molecule has 0 heterocycles. The van der Waals surface area contributed by atoms with Gasteiger partial charge in [0.25, 0.3) is 0 Å². The molecule has 3 rings (SSSR count). The van der Waals surface area contributed by atoms with Crippen molar-refractivity contribution in [2.24, 2.45) is 4.74 Å². The molecule has 0 aliphatic carbocycles. The Hall–Kier alpha value is -2.11. The molecule has 0 N–H and O–H groups in total. The topological polar surface area (TPSA) is 12.4 Å². The van der Waals surface area contributed by atoms with Crippen molar-refractivity contribution in [1.82, 2.24) is 0 Å². The van der Waals surface area contributed by atoms with Gasteiger partial charge in [-0.2, -0.15) is 0 Å². The van der Waals surface area contributed by atoms with Gasteiger partial charge in [-0.25, -0.2) is 0 Å². The Bertz CT molecular complexity index is 767. The number of nitrogens with zero attached hydrogens (tertiary/aromatic N) is 1. The van der Waals surface area contributed by atoms with E-state index in [0.717, 1.165) is 19.1 Å². The van der Waals surface area contributed by atoms with Crippen LogP contribution in [0.3, 0.4) is 0 Å². The first-order valence-corrected chi connectivity index (χ1v) is 11.0. The predicted molar refractivity (Wildman–Crippen MR) is 111 cm³/mol. The molecule has 2 heteroatoms. The van der Waals surface area contributed by atoms with E-state index in [0.29, 0.717) is 0 Å². The Morgan fingerprint density at radius 1 is 0.680 bits per heavy atom. The molecule has 0 radical (unpaired) electrons. The van der Waals surface area contributed by atoms with Crippen molar-refractivity contribution in [3.8, 4) is 0 Å². The Morgan fingerprint density at radius 3 is 1.64 bits per heavy atom. The maximum absolute atomic E-state index is 5.39. The fourth-order valence-corrected chi connectivity index (χ4v) is 6.78. The van der Waals surface area contributed by atoms with E-state index >= 15 is 0 Å². The van der Waals surface area contributed by atoms with Gasteiger partial charge < -0.3 is 0 Å². The van der Waals surface area contributed by atoms with Gasteiger partial charge in [0.05, 0.1) is 0 Å². The van der Waals surface area contributed by atoms with Gasteiger partial charge in [0.15, 0.2) is 0 Å². The van der Waals surface area contributed by atoms with Gasteiger partial charge >= 0.3 is 0 Å². The van der Waals surface area contributed by atoms with Gasteiger partial charge in [0.2, 0.25) is 0 Å². The summed E-state index contributed by atoms with van der Waals surface area (Å²) in [7, 11) is -1.83. The Labute approximate surface area is 151 Å². The normalized spacial score (nSPS) is 11.2. The van der Waals surface area contributed by atoms with Crippen LogP contribution in [0.1, 0.15) is 25.3 Å². The first-order valence-electron chi connectivity index (χ1n) is 9.07. The summed E-state index contributed by atoms with van der Waals surface area (Å²) < 4.78 is 5.39. The van der Waals surface area contributed by atoms with Crippen LogP contribution >= 0.6 is 7.05 Å². The third-order valence-electron chi connectivity index (χ3n) is 4.47. The zero-order valence-electron chi connectivity index (χ0n) is 14.9. The maximum Gasteiger partial charge on any atom is 0.0382 e. The molecule has 0 saturated carbocycles. The molecule has 0 fully saturated rings. The van der Waals surface area contributed by atoms with Crippen LogP contribution in [-0.2, 0) is 6.16 Å². The van der Waals surface area contributed by atoms with Gasteiger partial charge in [-0.1, -0.05) is 104 Å². The first-order chi connectivity index (χ1) is 12.3. The lowest BCUT2D eigenvalue weighted by molar-refractivity contribution is 0.812. The van der Waals surface area contributed by atoms with Crippen molar-refractivity contribution < 1.29 is 0 Å². The van der Waals surface area contributed by atoms with Gasteiger partial charge in [0.1, 0.15) is 0 Å². The molecule has 0 amide bonds. The molecule has 0 spiro atoms. The van der Waals surface area contributed by atoms with Crippen molar-refractivity contribution in [1.29, 1.82) is 0 Å². The van der Waals surface area contributed by atoms with Crippen LogP contribution in [0.25, 0.3) is 0 Å². The number of benzene rings is 3. The summed E-state index contributed by atoms with van der Waals surface area (Å²) in [6.07, 6.45) is 3.32. The Morgan fingerprint density at radius 2 is 1.16 bits per heavy atom. The van der Waals surface area contributed by atoms with E-state index in [1.807, 2.05) is 0 Å². The standard InChI is InChI=1S/C23H26NP/c1-2-3-19-24-25(22-15-9-5-10-16-22,23-17-11-6-12-18-23)20-21-13-7-4-8-14-21/h4-18H,2-3,19-20H2,1H3. The van der Waals surface area contributed by atoms with E-state index in [1.54, 1.807) is 0 Å². The average Bonchev–Trinajstić information content (AvgIpc) is 2.69. The number of unbranched alkanes of at least 4 members (excludes halogenated alkanes) is 1. The molecular formula is C23H26NP. The minimum Gasteiger partial charge on any atom is -0.294 e. The van der Waals surface area contributed by atoms with E-state index < -0.39 is 7.05 Å². The highest BCUT2D eigenvalue weighted by atomic mass is 31.2. The largest absolute Gasteiger partial charge is 0.294 e. The Kier molecular flexibility index (Phi) is 6.25. The van der Waals surface area contributed by atoms with Gasteiger partial charge in [-0.3, -0.25) is 4.74 Å². The summed E-state index contributed by atoms with van der Waals surface area (Å²) in [6, 6.07) is 32.6. The molecule has 3 aromatic rings. The number of rotatable bonds is 7. The maximum atomic E-state index is 5.39. The summed E-state index contributed by atoms with van der Waals surface area (Å²) in [5.74, 6) is 0. The molecule has 0 aliphatic rings. The molecule has 0 bridgehead atoms. The summed E-state index contributed by atoms with van der Waals surface area (Å²) in [4.78, 5) is 0. The van der Waals surface area contributed by atoms with Crippen molar-refractivity contribution in [2.75, 3.05) is 6.54 Å². The number of hydrogen-bond acceptors (Lipinski definition) is 1. The SMILES string of the molecule is CCCCN=P(Cc1ccccc1)(c1ccccc1)c1ccccc1. The Balaban J connectivity index is 2.18. The fraction of sp³-hybridized carbons (Fsp3) is 0.217. The minimum atomic E-state index is -1.83. The van der Waals surface area contributed by atoms with Crippen LogP contribution in [0.2, 0.25) is 0 Å². The zero-order chi connectivity index (χ0) is 17.4. The third-order valence-corrected chi connectivity index (χ3v) is 8.28. The minimum absolute atomic E-state index is 0.931. The van der Waals surface area contributed by atoms with E-state index in [-0.39, 0.29) is 0 Å². The summed E-state index contributed by atoms with van der Waals surface area (Å²) in [5.41, 5.74) is 1.36. The highest BCUT2D eigenvalue weighted by Gasteiger charge is 2.24. The first kappa shape index (κ1) is 17.7. The smallest absolute Gasteiger partial charge is 0.0382 e. The van der Waals surface area contributed by atoms with E-state index in [9.17, 15) is 0 Å². The van der Waals surface area contributed by atoms with Gasteiger partial charge in [-0.05, 0) is 22.6 Å². The van der Waals surface area contributed by atoms with Crippen LogP contribution in [-0.4, -0.2) is 6.54 Å². The van der Waals surface area contributed by atoms with Crippen LogP contribution in [0.4, 0.5) is 0 Å².